The third kappa shape index (κ3) is 1.57. The lowest BCUT2D eigenvalue weighted by Crippen LogP contribution is -2.55. The zero-order valence-corrected chi connectivity index (χ0v) is 13.4. The van der Waals surface area contributed by atoms with Gasteiger partial charge in [0.1, 0.15) is 17.2 Å². The van der Waals surface area contributed by atoms with Crippen LogP contribution >= 0.6 is 0 Å². The normalized spacial score (nSPS) is 33.2. The van der Waals surface area contributed by atoms with Gasteiger partial charge in [0.05, 0.1) is 0 Å². The van der Waals surface area contributed by atoms with Crippen LogP contribution < -0.4 is 16.2 Å². The summed E-state index contributed by atoms with van der Waals surface area (Å²) < 4.78 is 5.79. The Bertz CT molecular complexity index is 885. The summed E-state index contributed by atoms with van der Waals surface area (Å²) in [5.41, 5.74) is 12.9. The summed E-state index contributed by atoms with van der Waals surface area (Å²) in [7, 11) is 0. The third-order valence-electron chi connectivity index (χ3n) is 5.37. The fraction of sp³-hybridized carbons (Fsp3) is 0.333. The summed E-state index contributed by atoms with van der Waals surface area (Å²) >= 11 is 0. The van der Waals surface area contributed by atoms with Crippen molar-refractivity contribution in [3.63, 3.8) is 0 Å². The van der Waals surface area contributed by atoms with Crippen LogP contribution in [0.4, 0.5) is 0 Å². The summed E-state index contributed by atoms with van der Waals surface area (Å²) in [4.78, 5) is 25.0. The lowest BCUT2D eigenvalue weighted by atomic mass is 9.79. The zero-order chi connectivity index (χ0) is 17.4. The van der Waals surface area contributed by atoms with Crippen molar-refractivity contribution in [2.45, 2.75) is 37.5 Å². The molecule has 3 aliphatic rings. The Morgan fingerprint density at radius 1 is 1.33 bits per heavy atom. The Morgan fingerprint density at radius 3 is 2.67 bits per heavy atom. The molecule has 24 heavy (non-hydrogen) atoms. The summed E-state index contributed by atoms with van der Waals surface area (Å²) in [6, 6.07) is 3.65. The smallest absolute Gasteiger partial charge is 0.249 e. The summed E-state index contributed by atoms with van der Waals surface area (Å²) in [6.07, 6.45) is 3.36. The van der Waals surface area contributed by atoms with Crippen LogP contribution in [0.2, 0.25) is 0 Å². The van der Waals surface area contributed by atoms with Crippen molar-refractivity contribution in [2.75, 3.05) is 0 Å². The topological polar surface area (TPSA) is 116 Å². The minimum absolute atomic E-state index is 0.0638. The van der Waals surface area contributed by atoms with Gasteiger partial charge in [0.25, 0.3) is 0 Å². The molecule has 6 nitrogen and oxygen atoms in total. The van der Waals surface area contributed by atoms with Crippen molar-refractivity contribution < 1.29 is 19.4 Å². The first-order valence-electron chi connectivity index (χ1n) is 7.77. The van der Waals surface area contributed by atoms with Crippen LogP contribution in [0.1, 0.15) is 29.0 Å². The Hall–Kier alpha value is -2.44. The van der Waals surface area contributed by atoms with Gasteiger partial charge in [0.2, 0.25) is 11.7 Å². The first kappa shape index (κ1) is 15.1. The summed E-state index contributed by atoms with van der Waals surface area (Å²) in [6.45, 7) is 3.86. The van der Waals surface area contributed by atoms with E-state index in [1.165, 1.54) is 0 Å². The van der Waals surface area contributed by atoms with Gasteiger partial charge < -0.3 is 21.3 Å². The maximum Gasteiger partial charge on any atom is 0.249 e. The quantitative estimate of drug-likeness (QED) is 0.694. The van der Waals surface area contributed by atoms with E-state index in [2.05, 4.69) is 0 Å². The largest absolute Gasteiger partial charge is 0.457 e. The predicted molar refractivity (Wildman–Crippen MR) is 86.1 cm³/mol. The van der Waals surface area contributed by atoms with Crippen LogP contribution in [-0.4, -0.2) is 28.1 Å². The number of carbonyl (C=O) groups excluding carboxylic acids is 2. The molecule has 0 spiro atoms. The van der Waals surface area contributed by atoms with Crippen LogP contribution in [-0.2, 0) is 9.59 Å². The van der Waals surface area contributed by atoms with Crippen LogP contribution in [0.5, 0.6) is 5.75 Å². The molecular weight excluding hydrogens is 308 g/mol. The number of ether oxygens (including phenoxy) is 1. The molecule has 0 radical (unpaired) electrons. The van der Waals surface area contributed by atoms with E-state index in [1.807, 2.05) is 26.0 Å². The number of aryl methyl sites for hydroxylation is 2. The second kappa shape index (κ2) is 4.34. The number of hydrogen-bond acceptors (Lipinski definition) is 5. The number of nitrogens with two attached hydrogens (primary N) is 2. The number of ketones is 1. The van der Waals surface area contributed by atoms with Gasteiger partial charge >= 0.3 is 0 Å². The number of rotatable bonds is 1. The van der Waals surface area contributed by atoms with Gasteiger partial charge in [0, 0.05) is 16.7 Å². The Balaban J connectivity index is 1.94. The maximum absolute atomic E-state index is 13.1. The number of Topliss-reactive ketones (excluding diaryl/α,β-unsaturated/α-hetero) is 1. The monoisotopic (exact) mass is 326 g/mol. The first-order valence-corrected chi connectivity index (χ1v) is 7.77. The highest BCUT2D eigenvalue weighted by Crippen LogP contribution is 2.56. The van der Waals surface area contributed by atoms with E-state index in [9.17, 15) is 14.7 Å². The molecule has 0 saturated heterocycles. The van der Waals surface area contributed by atoms with Crippen molar-refractivity contribution in [1.82, 2.24) is 0 Å². The van der Waals surface area contributed by atoms with Crippen LogP contribution in [0.25, 0.3) is 0 Å². The average Bonchev–Trinajstić information content (AvgIpc) is 2.90. The highest BCUT2D eigenvalue weighted by molar-refractivity contribution is 6.14. The summed E-state index contributed by atoms with van der Waals surface area (Å²) in [5.74, 6) is -3.49. The van der Waals surface area contributed by atoms with Gasteiger partial charge in [-0.1, -0.05) is 18.2 Å². The molecular formula is C18H18N2O4. The first-order chi connectivity index (χ1) is 11.2. The molecule has 5 N–H and O–H groups in total. The molecule has 1 heterocycles. The van der Waals surface area contributed by atoms with Crippen molar-refractivity contribution in [3.05, 3.63) is 52.1 Å². The minimum Gasteiger partial charge on any atom is -0.457 e. The summed E-state index contributed by atoms with van der Waals surface area (Å²) in [5, 5.41) is 11.2. The van der Waals surface area contributed by atoms with Gasteiger partial charge in [-0.3, -0.25) is 9.59 Å². The molecule has 6 heteroatoms. The molecule has 1 aromatic carbocycles. The van der Waals surface area contributed by atoms with E-state index in [1.54, 1.807) is 12.2 Å². The molecule has 2 aliphatic carbocycles. The van der Waals surface area contributed by atoms with Crippen molar-refractivity contribution in [2.24, 2.45) is 11.5 Å². The molecule has 0 aromatic heterocycles. The second-order valence-corrected chi connectivity index (χ2v) is 6.80. The van der Waals surface area contributed by atoms with Crippen LogP contribution in [0.15, 0.2) is 35.4 Å². The van der Waals surface area contributed by atoms with Gasteiger partial charge in [-0.2, -0.15) is 0 Å². The molecule has 3 unspecified atom stereocenters. The standard InChI is InChI=1S/C18H18N2O4/c1-8-6-10-12(7-9(8)2)24-18(23)11-4-3-5-17(20,16(19)22)14(11)15(21)13(10)18/h3-4,6-7,13,23H,5,20H2,1-2H3,(H2,19,22). The number of hydrogen-bond donors (Lipinski definition) is 3. The zero-order valence-electron chi connectivity index (χ0n) is 13.4. The minimum atomic E-state index is -1.84. The van der Waals surface area contributed by atoms with Crippen molar-refractivity contribution in [3.8, 4) is 5.75 Å². The number of carbonyl (C=O) groups is 2. The lowest BCUT2D eigenvalue weighted by molar-refractivity contribution is -0.132. The molecule has 3 atom stereocenters. The van der Waals surface area contributed by atoms with Crippen molar-refractivity contribution in [1.29, 1.82) is 0 Å². The molecule has 1 amide bonds. The molecule has 4 rings (SSSR count). The highest BCUT2D eigenvalue weighted by Gasteiger charge is 2.64. The highest BCUT2D eigenvalue weighted by atomic mass is 16.6. The van der Waals surface area contributed by atoms with E-state index in [0.29, 0.717) is 11.3 Å². The number of primary amides is 1. The van der Waals surface area contributed by atoms with E-state index in [-0.39, 0.29) is 17.6 Å². The maximum atomic E-state index is 13.1. The van der Waals surface area contributed by atoms with Gasteiger partial charge in [-0.15, -0.1) is 0 Å². The fourth-order valence-electron chi connectivity index (χ4n) is 3.90. The number of benzene rings is 1. The predicted octanol–water partition coefficient (Wildman–Crippen LogP) is 0.490. The lowest BCUT2D eigenvalue weighted by Gasteiger charge is -2.30. The Labute approximate surface area is 138 Å². The number of aliphatic hydroxyl groups is 1. The molecule has 1 aromatic rings. The third-order valence-corrected chi connectivity index (χ3v) is 5.37. The Morgan fingerprint density at radius 2 is 2.00 bits per heavy atom. The van der Waals surface area contributed by atoms with Gasteiger partial charge in [-0.25, -0.2) is 0 Å². The molecule has 0 saturated carbocycles. The molecule has 124 valence electrons. The molecule has 0 fully saturated rings. The fourth-order valence-corrected chi connectivity index (χ4v) is 3.90. The number of fused-ring (bicyclic) bond motifs is 4. The van der Waals surface area contributed by atoms with Crippen LogP contribution in [0.3, 0.4) is 0 Å². The van der Waals surface area contributed by atoms with Crippen molar-refractivity contribution >= 4 is 11.7 Å². The average molecular weight is 326 g/mol. The Kier molecular flexibility index (Phi) is 2.73. The van der Waals surface area contributed by atoms with Gasteiger partial charge in [0.15, 0.2) is 5.78 Å². The molecule has 0 bridgehead atoms. The van der Waals surface area contributed by atoms with E-state index in [0.717, 1.165) is 11.1 Å². The van der Waals surface area contributed by atoms with E-state index < -0.39 is 28.9 Å². The number of amides is 1. The molecule has 1 aliphatic heterocycles. The van der Waals surface area contributed by atoms with E-state index >= 15 is 0 Å². The SMILES string of the molecule is Cc1cc2c(cc1C)C1C(=O)C3=C(C=CCC3(N)C(N)=O)C1(O)O2. The van der Waals surface area contributed by atoms with E-state index in [4.69, 9.17) is 16.2 Å². The van der Waals surface area contributed by atoms with Crippen LogP contribution in [0, 0.1) is 13.8 Å². The second-order valence-electron chi connectivity index (χ2n) is 6.80. The van der Waals surface area contributed by atoms with Gasteiger partial charge in [-0.05, 0) is 37.5 Å².